The summed E-state index contributed by atoms with van der Waals surface area (Å²) in [7, 11) is 0. The molecule has 1 atom stereocenters. The highest BCUT2D eigenvalue weighted by atomic mass is 35.5. The normalized spacial score (nSPS) is 11.9. The van der Waals surface area contributed by atoms with E-state index in [2.05, 4.69) is 20.8 Å². The molecule has 2 aromatic carbocycles. The van der Waals surface area contributed by atoms with Gasteiger partial charge in [-0.2, -0.15) is 0 Å². The van der Waals surface area contributed by atoms with Crippen molar-refractivity contribution in [2.24, 2.45) is 0 Å². The summed E-state index contributed by atoms with van der Waals surface area (Å²) in [5.74, 6) is -0.102. The summed E-state index contributed by atoms with van der Waals surface area (Å²) in [6.45, 7) is 1.99. The number of tetrazole rings is 1. The van der Waals surface area contributed by atoms with E-state index in [1.54, 1.807) is 24.3 Å². The van der Waals surface area contributed by atoms with E-state index in [0.717, 1.165) is 29.1 Å². The molecule has 6 nitrogen and oxygen atoms in total. The Morgan fingerprint density at radius 3 is 2.64 bits per heavy atom. The molecule has 0 saturated heterocycles. The third-order valence-corrected chi connectivity index (χ3v) is 4.29. The fraction of sp³-hybridized carbons (Fsp3) is 0.222. The van der Waals surface area contributed by atoms with Crippen LogP contribution in [0.4, 0.5) is 0 Å². The van der Waals surface area contributed by atoms with Crippen molar-refractivity contribution in [2.75, 3.05) is 0 Å². The first-order chi connectivity index (χ1) is 12.1. The first kappa shape index (κ1) is 17.1. The molecule has 128 valence electrons. The van der Waals surface area contributed by atoms with E-state index in [1.807, 2.05) is 31.2 Å². The molecule has 0 saturated carbocycles. The van der Waals surface area contributed by atoms with Crippen LogP contribution in [-0.2, 0) is 6.42 Å². The average Bonchev–Trinajstić information content (AvgIpc) is 3.16. The first-order valence-electron chi connectivity index (χ1n) is 8.01. The standard InChI is InChI=1S/C18H18ClN5O/c1-13(6-7-14-4-2-3-5-17(14)19)21-18(25)15-8-10-16(11-9-15)24-12-20-22-23-24/h2-5,8-13H,6-7H2,1H3,(H,21,25). The molecule has 3 aromatic rings. The van der Waals surface area contributed by atoms with Crippen LogP contribution in [0.3, 0.4) is 0 Å². The summed E-state index contributed by atoms with van der Waals surface area (Å²) in [6.07, 6.45) is 3.14. The third kappa shape index (κ3) is 4.42. The van der Waals surface area contributed by atoms with Crippen molar-refractivity contribution in [1.82, 2.24) is 25.5 Å². The summed E-state index contributed by atoms with van der Waals surface area (Å²) < 4.78 is 1.54. The number of amides is 1. The highest BCUT2D eigenvalue weighted by Gasteiger charge is 2.11. The summed E-state index contributed by atoms with van der Waals surface area (Å²) in [6, 6.07) is 14.9. The fourth-order valence-electron chi connectivity index (χ4n) is 2.50. The summed E-state index contributed by atoms with van der Waals surface area (Å²) in [4.78, 5) is 12.3. The van der Waals surface area contributed by atoms with Crippen LogP contribution in [0.1, 0.15) is 29.3 Å². The van der Waals surface area contributed by atoms with Gasteiger partial charge in [0.1, 0.15) is 6.33 Å². The number of halogens is 1. The summed E-state index contributed by atoms with van der Waals surface area (Å²) in [5.41, 5.74) is 2.49. The monoisotopic (exact) mass is 355 g/mol. The number of hydrogen-bond donors (Lipinski definition) is 1. The van der Waals surface area contributed by atoms with Crippen LogP contribution in [0, 0.1) is 0 Å². The molecule has 1 heterocycles. The van der Waals surface area contributed by atoms with Crippen LogP contribution >= 0.6 is 11.6 Å². The molecular formula is C18H18ClN5O. The molecule has 1 amide bonds. The zero-order chi connectivity index (χ0) is 17.6. The van der Waals surface area contributed by atoms with Crippen molar-refractivity contribution in [3.8, 4) is 5.69 Å². The Balaban J connectivity index is 1.55. The Morgan fingerprint density at radius 1 is 1.20 bits per heavy atom. The Morgan fingerprint density at radius 2 is 1.96 bits per heavy atom. The Labute approximate surface area is 150 Å². The zero-order valence-electron chi connectivity index (χ0n) is 13.8. The van der Waals surface area contributed by atoms with Crippen molar-refractivity contribution in [1.29, 1.82) is 0 Å². The van der Waals surface area contributed by atoms with Gasteiger partial charge in [0.15, 0.2) is 0 Å². The van der Waals surface area contributed by atoms with Crippen LogP contribution in [0.5, 0.6) is 0 Å². The second kappa shape index (κ2) is 7.90. The lowest BCUT2D eigenvalue weighted by molar-refractivity contribution is 0.0938. The smallest absolute Gasteiger partial charge is 0.251 e. The number of rotatable bonds is 6. The van der Waals surface area contributed by atoms with Gasteiger partial charge in [-0.3, -0.25) is 4.79 Å². The van der Waals surface area contributed by atoms with Crippen molar-refractivity contribution in [3.05, 3.63) is 71.0 Å². The Bertz CT molecular complexity index is 833. The number of carbonyl (C=O) groups excluding carboxylic acids is 1. The molecule has 1 N–H and O–H groups in total. The van der Waals surface area contributed by atoms with Gasteiger partial charge in [0.05, 0.1) is 5.69 Å². The molecule has 0 aliphatic rings. The molecule has 0 bridgehead atoms. The lowest BCUT2D eigenvalue weighted by Gasteiger charge is -2.14. The number of benzene rings is 2. The predicted octanol–water partition coefficient (Wildman–Crippen LogP) is 3.07. The molecule has 7 heteroatoms. The molecule has 0 spiro atoms. The molecule has 1 unspecified atom stereocenters. The zero-order valence-corrected chi connectivity index (χ0v) is 14.5. The number of nitrogens with one attached hydrogen (secondary N) is 1. The van der Waals surface area contributed by atoms with Gasteiger partial charge >= 0.3 is 0 Å². The predicted molar refractivity (Wildman–Crippen MR) is 95.9 cm³/mol. The third-order valence-electron chi connectivity index (χ3n) is 3.93. The van der Waals surface area contributed by atoms with E-state index in [0.29, 0.717) is 5.56 Å². The second-order valence-corrected chi connectivity index (χ2v) is 6.21. The van der Waals surface area contributed by atoms with E-state index in [4.69, 9.17) is 11.6 Å². The van der Waals surface area contributed by atoms with Gasteiger partial charge in [-0.1, -0.05) is 29.8 Å². The molecule has 3 rings (SSSR count). The van der Waals surface area contributed by atoms with Crippen LogP contribution in [-0.4, -0.2) is 32.2 Å². The van der Waals surface area contributed by atoms with Crippen molar-refractivity contribution in [2.45, 2.75) is 25.8 Å². The minimum Gasteiger partial charge on any atom is -0.350 e. The average molecular weight is 356 g/mol. The number of nitrogens with zero attached hydrogens (tertiary/aromatic N) is 4. The van der Waals surface area contributed by atoms with Gasteiger partial charge in [-0.15, -0.1) is 5.10 Å². The van der Waals surface area contributed by atoms with Gasteiger partial charge in [-0.25, -0.2) is 4.68 Å². The SMILES string of the molecule is CC(CCc1ccccc1Cl)NC(=O)c1ccc(-n2cnnn2)cc1. The molecule has 0 fully saturated rings. The van der Waals surface area contributed by atoms with Crippen LogP contribution in [0.2, 0.25) is 5.02 Å². The van der Waals surface area contributed by atoms with E-state index in [-0.39, 0.29) is 11.9 Å². The molecular weight excluding hydrogens is 338 g/mol. The number of hydrogen-bond acceptors (Lipinski definition) is 4. The fourth-order valence-corrected chi connectivity index (χ4v) is 2.73. The minimum atomic E-state index is -0.102. The maximum absolute atomic E-state index is 12.3. The molecule has 0 aliphatic carbocycles. The van der Waals surface area contributed by atoms with Gasteiger partial charge < -0.3 is 5.32 Å². The highest BCUT2D eigenvalue weighted by Crippen LogP contribution is 2.17. The number of aromatic nitrogens is 4. The second-order valence-electron chi connectivity index (χ2n) is 5.81. The molecule has 0 radical (unpaired) electrons. The maximum Gasteiger partial charge on any atom is 0.251 e. The number of aryl methyl sites for hydroxylation is 1. The lowest BCUT2D eigenvalue weighted by atomic mass is 10.1. The van der Waals surface area contributed by atoms with E-state index < -0.39 is 0 Å². The van der Waals surface area contributed by atoms with Gasteiger partial charge in [0, 0.05) is 16.6 Å². The van der Waals surface area contributed by atoms with Gasteiger partial charge in [-0.05, 0) is 66.1 Å². The van der Waals surface area contributed by atoms with Crippen molar-refractivity contribution in [3.63, 3.8) is 0 Å². The van der Waals surface area contributed by atoms with E-state index >= 15 is 0 Å². The van der Waals surface area contributed by atoms with Crippen molar-refractivity contribution >= 4 is 17.5 Å². The summed E-state index contributed by atoms with van der Waals surface area (Å²) in [5, 5.41) is 14.8. The van der Waals surface area contributed by atoms with E-state index in [9.17, 15) is 4.79 Å². The molecule has 25 heavy (non-hydrogen) atoms. The highest BCUT2D eigenvalue weighted by molar-refractivity contribution is 6.31. The van der Waals surface area contributed by atoms with Crippen LogP contribution in [0.15, 0.2) is 54.9 Å². The van der Waals surface area contributed by atoms with Gasteiger partial charge in [0.25, 0.3) is 5.91 Å². The van der Waals surface area contributed by atoms with Crippen LogP contribution < -0.4 is 5.32 Å². The lowest BCUT2D eigenvalue weighted by Crippen LogP contribution is -2.32. The maximum atomic E-state index is 12.3. The largest absolute Gasteiger partial charge is 0.350 e. The summed E-state index contributed by atoms with van der Waals surface area (Å²) >= 11 is 6.16. The quantitative estimate of drug-likeness (QED) is 0.737. The van der Waals surface area contributed by atoms with E-state index in [1.165, 1.54) is 11.0 Å². The minimum absolute atomic E-state index is 0.0444. The number of carbonyl (C=O) groups is 1. The Kier molecular flexibility index (Phi) is 5.40. The topological polar surface area (TPSA) is 72.7 Å². The van der Waals surface area contributed by atoms with Crippen molar-refractivity contribution < 1.29 is 4.79 Å². The molecule has 1 aromatic heterocycles. The first-order valence-corrected chi connectivity index (χ1v) is 8.39. The van der Waals surface area contributed by atoms with Gasteiger partial charge in [0.2, 0.25) is 0 Å². The van der Waals surface area contributed by atoms with Crippen LogP contribution in [0.25, 0.3) is 5.69 Å². The molecule has 0 aliphatic heterocycles. The Hall–Kier alpha value is -2.73.